The Kier molecular flexibility index (Phi) is 4.53. The van der Waals surface area contributed by atoms with E-state index in [1.54, 1.807) is 30.3 Å². The third-order valence-corrected chi connectivity index (χ3v) is 5.50. The van der Waals surface area contributed by atoms with Crippen molar-refractivity contribution in [1.82, 2.24) is 0 Å². The number of alkyl halides is 1. The van der Waals surface area contributed by atoms with Crippen LogP contribution in [0.15, 0.2) is 59.5 Å². The zero-order valence-electron chi connectivity index (χ0n) is 12.3. The van der Waals surface area contributed by atoms with Gasteiger partial charge in [-0.2, -0.15) is 0 Å². The molecule has 118 valence electrons. The first kappa shape index (κ1) is 16.5. The second-order valence-electron chi connectivity index (χ2n) is 5.11. The number of aliphatic hydroxyl groups is 1. The van der Waals surface area contributed by atoms with Crippen molar-refractivity contribution in [3.8, 4) is 5.75 Å². The first-order valence-electron chi connectivity index (χ1n) is 6.64. The third-order valence-electron chi connectivity index (χ3n) is 3.48. The molecule has 0 aliphatic rings. The molecule has 22 heavy (non-hydrogen) atoms. The maximum atomic E-state index is 14.8. The summed E-state index contributed by atoms with van der Waals surface area (Å²) in [6.07, 6.45) is 0. The molecule has 0 aliphatic carbocycles. The highest BCUT2D eigenvalue weighted by Crippen LogP contribution is 2.35. The van der Waals surface area contributed by atoms with E-state index in [9.17, 15) is 13.7 Å². The lowest BCUT2D eigenvalue weighted by atomic mass is 9.97. The van der Waals surface area contributed by atoms with Gasteiger partial charge in [0.25, 0.3) is 0 Å². The van der Waals surface area contributed by atoms with Crippen LogP contribution >= 0.6 is 0 Å². The van der Waals surface area contributed by atoms with Crippen LogP contribution in [-0.2, 0) is 15.3 Å². The molecule has 0 fully saturated rings. The zero-order valence-corrected chi connectivity index (χ0v) is 13.1. The van der Waals surface area contributed by atoms with Crippen LogP contribution in [-0.4, -0.2) is 21.9 Å². The van der Waals surface area contributed by atoms with Crippen molar-refractivity contribution in [2.24, 2.45) is 0 Å². The van der Waals surface area contributed by atoms with E-state index in [-0.39, 0.29) is 10.5 Å². The fourth-order valence-electron chi connectivity index (χ4n) is 2.13. The van der Waals surface area contributed by atoms with Crippen molar-refractivity contribution in [3.05, 3.63) is 60.2 Å². The monoisotopic (exact) mass is 323 g/mol. The molecule has 0 amide bonds. The molecule has 1 unspecified atom stereocenters. The number of rotatable bonds is 5. The predicted molar refractivity (Wildman–Crippen MR) is 83.0 cm³/mol. The standard InChI is InChI=1S/C16H18FNO3S/c1-16(19,12-7-6-8-13(11-12)21-2)15(17)22(18,20)14-9-4-3-5-10-14/h3-11,15,18-19H,1-2H3/t15?,16-,22+/m0/s1. The molecular weight excluding hydrogens is 305 g/mol. The van der Waals surface area contributed by atoms with Gasteiger partial charge in [-0.25, -0.2) is 13.4 Å². The van der Waals surface area contributed by atoms with E-state index in [0.29, 0.717) is 5.75 Å². The van der Waals surface area contributed by atoms with E-state index in [1.807, 2.05) is 0 Å². The Morgan fingerprint density at radius 2 is 1.86 bits per heavy atom. The Hall–Kier alpha value is -1.92. The van der Waals surface area contributed by atoms with Crippen LogP contribution in [0.25, 0.3) is 0 Å². The second kappa shape index (κ2) is 6.06. The van der Waals surface area contributed by atoms with Gasteiger partial charge in [0.2, 0.25) is 5.50 Å². The summed E-state index contributed by atoms with van der Waals surface area (Å²) >= 11 is 0. The molecule has 3 atom stereocenters. The van der Waals surface area contributed by atoms with Crippen LogP contribution in [0.4, 0.5) is 4.39 Å². The molecule has 0 radical (unpaired) electrons. The highest BCUT2D eigenvalue weighted by molar-refractivity contribution is 7.93. The molecule has 0 aliphatic heterocycles. The van der Waals surface area contributed by atoms with Gasteiger partial charge in [-0.05, 0) is 36.8 Å². The molecule has 0 spiro atoms. The summed E-state index contributed by atoms with van der Waals surface area (Å²) in [6.45, 7) is 1.21. The SMILES string of the molecule is COc1cccc([C@](C)(O)C(F)[S@](=N)(=O)c2ccccc2)c1. The maximum absolute atomic E-state index is 14.8. The van der Waals surface area contributed by atoms with Crippen LogP contribution in [0, 0.1) is 4.78 Å². The lowest BCUT2D eigenvalue weighted by Gasteiger charge is -2.29. The summed E-state index contributed by atoms with van der Waals surface area (Å²) in [7, 11) is -2.37. The van der Waals surface area contributed by atoms with Crippen LogP contribution in [0.3, 0.4) is 0 Å². The molecule has 0 aromatic heterocycles. The Balaban J connectivity index is 2.44. The molecule has 2 aromatic rings. The molecule has 6 heteroatoms. The maximum Gasteiger partial charge on any atom is 0.219 e. The minimum atomic E-state index is -3.82. The topological polar surface area (TPSA) is 70.4 Å². The highest BCUT2D eigenvalue weighted by Gasteiger charge is 2.42. The van der Waals surface area contributed by atoms with Crippen molar-refractivity contribution in [2.75, 3.05) is 7.11 Å². The molecule has 0 saturated carbocycles. The van der Waals surface area contributed by atoms with E-state index < -0.39 is 20.8 Å². The highest BCUT2D eigenvalue weighted by atomic mass is 32.2. The summed E-state index contributed by atoms with van der Waals surface area (Å²) in [6, 6.07) is 13.9. The Bertz CT molecular complexity index is 745. The molecule has 0 saturated heterocycles. The fraction of sp³-hybridized carbons (Fsp3) is 0.250. The number of hydrogen-bond donors (Lipinski definition) is 2. The van der Waals surface area contributed by atoms with Crippen LogP contribution in [0.5, 0.6) is 5.75 Å². The Labute approximate surface area is 129 Å². The molecular formula is C16H18FNO3S. The smallest absolute Gasteiger partial charge is 0.219 e. The predicted octanol–water partition coefficient (Wildman–Crippen LogP) is 3.30. The van der Waals surface area contributed by atoms with Crippen molar-refractivity contribution < 1.29 is 18.4 Å². The van der Waals surface area contributed by atoms with Gasteiger partial charge in [0, 0.05) is 0 Å². The summed E-state index contributed by atoms with van der Waals surface area (Å²) in [4.78, 5) is 0.0469. The number of nitrogens with one attached hydrogen (secondary N) is 1. The van der Waals surface area contributed by atoms with Crippen LogP contribution < -0.4 is 4.74 Å². The molecule has 2 rings (SSSR count). The molecule has 0 heterocycles. The third kappa shape index (κ3) is 2.98. The lowest BCUT2D eigenvalue weighted by molar-refractivity contribution is 0.0113. The normalized spacial score (nSPS) is 18.0. The minimum absolute atomic E-state index is 0.0469. The number of benzene rings is 2. The van der Waals surface area contributed by atoms with Crippen LogP contribution in [0.2, 0.25) is 0 Å². The van der Waals surface area contributed by atoms with Gasteiger partial charge in [0.15, 0.2) is 0 Å². The largest absolute Gasteiger partial charge is 0.497 e. The van der Waals surface area contributed by atoms with Crippen molar-refractivity contribution in [3.63, 3.8) is 0 Å². The molecule has 2 N–H and O–H groups in total. The average molecular weight is 323 g/mol. The van der Waals surface area contributed by atoms with Crippen molar-refractivity contribution in [1.29, 1.82) is 4.78 Å². The van der Waals surface area contributed by atoms with Gasteiger partial charge >= 0.3 is 0 Å². The first-order chi connectivity index (χ1) is 10.3. The van der Waals surface area contributed by atoms with Gasteiger partial charge in [0.05, 0.1) is 12.0 Å². The van der Waals surface area contributed by atoms with Crippen LogP contribution in [0.1, 0.15) is 12.5 Å². The zero-order chi connectivity index (χ0) is 16.4. The fourth-order valence-corrected chi connectivity index (χ4v) is 3.72. The number of hydrogen-bond acceptors (Lipinski definition) is 4. The molecule has 0 bridgehead atoms. The quantitative estimate of drug-likeness (QED) is 0.887. The Morgan fingerprint density at radius 3 is 2.45 bits per heavy atom. The van der Waals surface area contributed by atoms with Crippen molar-refractivity contribution >= 4 is 9.73 Å². The minimum Gasteiger partial charge on any atom is -0.497 e. The van der Waals surface area contributed by atoms with Gasteiger partial charge in [0.1, 0.15) is 21.1 Å². The lowest BCUT2D eigenvalue weighted by Crippen LogP contribution is -2.38. The van der Waals surface area contributed by atoms with Gasteiger partial charge in [-0.1, -0.05) is 30.3 Å². The van der Waals surface area contributed by atoms with E-state index in [2.05, 4.69) is 0 Å². The second-order valence-corrected chi connectivity index (χ2v) is 7.20. The van der Waals surface area contributed by atoms with E-state index in [0.717, 1.165) is 0 Å². The summed E-state index contributed by atoms with van der Waals surface area (Å²) in [5, 5.41) is 10.5. The summed E-state index contributed by atoms with van der Waals surface area (Å²) in [5.41, 5.74) is -4.16. The van der Waals surface area contributed by atoms with E-state index >= 15 is 0 Å². The van der Waals surface area contributed by atoms with Gasteiger partial charge in [-0.15, -0.1) is 0 Å². The molecule has 2 aromatic carbocycles. The van der Waals surface area contributed by atoms with Gasteiger partial charge < -0.3 is 9.84 Å². The first-order valence-corrected chi connectivity index (χ1v) is 8.26. The number of methoxy groups -OCH3 is 1. The number of halogens is 1. The number of ether oxygens (including phenoxy) is 1. The summed E-state index contributed by atoms with van der Waals surface area (Å²) in [5.74, 6) is 0.446. The van der Waals surface area contributed by atoms with E-state index in [4.69, 9.17) is 9.52 Å². The molecule has 4 nitrogen and oxygen atoms in total. The average Bonchev–Trinajstić information content (AvgIpc) is 2.55. The van der Waals surface area contributed by atoms with Crippen molar-refractivity contribution in [2.45, 2.75) is 22.9 Å². The van der Waals surface area contributed by atoms with Gasteiger partial charge in [-0.3, -0.25) is 0 Å². The Morgan fingerprint density at radius 1 is 1.23 bits per heavy atom. The van der Waals surface area contributed by atoms with E-state index in [1.165, 1.54) is 38.3 Å². The summed E-state index contributed by atoms with van der Waals surface area (Å²) < 4.78 is 40.4.